The Morgan fingerprint density at radius 3 is 2.94 bits per heavy atom. The molecule has 2 N–H and O–H groups in total. The molecule has 0 bridgehead atoms. The van der Waals surface area contributed by atoms with Gasteiger partial charge in [0.15, 0.2) is 5.65 Å². The van der Waals surface area contributed by atoms with Crippen molar-refractivity contribution in [2.24, 2.45) is 0 Å². The Balaban J connectivity index is 2.57. The van der Waals surface area contributed by atoms with Crippen molar-refractivity contribution in [3.63, 3.8) is 0 Å². The summed E-state index contributed by atoms with van der Waals surface area (Å²) in [4.78, 5) is 28.9. The maximum atomic E-state index is 11.7. The number of aromatic carboxylic acids is 1. The summed E-state index contributed by atoms with van der Waals surface area (Å²) in [5.41, 5.74) is -0.0275. The van der Waals surface area contributed by atoms with Gasteiger partial charge in [0.25, 0.3) is 5.82 Å². The minimum Gasteiger partial charge on any atom is -0.475 e. The molecule has 7 nitrogen and oxygen atoms in total. The van der Waals surface area contributed by atoms with Crippen LogP contribution in [-0.4, -0.2) is 30.7 Å². The van der Waals surface area contributed by atoms with Crippen molar-refractivity contribution in [2.75, 3.05) is 0 Å². The molecule has 8 heteroatoms. The van der Waals surface area contributed by atoms with Gasteiger partial charge in [0.05, 0.1) is 10.5 Å². The fourth-order valence-electron chi connectivity index (χ4n) is 1.72. The van der Waals surface area contributed by atoms with E-state index in [4.69, 9.17) is 16.7 Å². The third-order valence-corrected chi connectivity index (χ3v) is 2.79. The van der Waals surface area contributed by atoms with Crippen LogP contribution in [0, 0.1) is 0 Å². The van der Waals surface area contributed by atoms with Gasteiger partial charge in [-0.25, -0.2) is 14.6 Å². The molecule has 0 aliphatic heterocycles. The van der Waals surface area contributed by atoms with E-state index in [1.807, 2.05) is 0 Å². The van der Waals surface area contributed by atoms with Crippen LogP contribution in [0.1, 0.15) is 10.6 Å². The maximum absolute atomic E-state index is 11.7. The van der Waals surface area contributed by atoms with Crippen LogP contribution in [0.15, 0.2) is 23.0 Å². The Kier molecular flexibility index (Phi) is 2.11. The van der Waals surface area contributed by atoms with Crippen molar-refractivity contribution in [3.8, 4) is 0 Å². The molecule has 0 radical (unpaired) electrons. The van der Waals surface area contributed by atoms with E-state index < -0.39 is 17.5 Å². The van der Waals surface area contributed by atoms with Crippen LogP contribution >= 0.6 is 11.6 Å². The fourth-order valence-corrected chi connectivity index (χ4v) is 1.94. The normalized spacial score (nSPS) is 11.2. The van der Waals surface area contributed by atoms with Crippen LogP contribution in [-0.2, 0) is 0 Å². The van der Waals surface area contributed by atoms with Crippen molar-refractivity contribution in [3.05, 3.63) is 39.5 Å². The number of para-hydroxylation sites is 1. The largest absolute Gasteiger partial charge is 0.475 e. The monoisotopic (exact) mass is 264 g/mol. The van der Waals surface area contributed by atoms with Gasteiger partial charge >= 0.3 is 11.7 Å². The van der Waals surface area contributed by atoms with E-state index in [0.29, 0.717) is 15.9 Å². The van der Waals surface area contributed by atoms with Gasteiger partial charge in [0.1, 0.15) is 0 Å². The van der Waals surface area contributed by atoms with Gasteiger partial charge in [-0.05, 0) is 12.1 Å². The number of aromatic nitrogens is 4. The Morgan fingerprint density at radius 1 is 1.44 bits per heavy atom. The number of carboxylic acid groups (broad SMARTS) is 1. The molecular weight excluding hydrogens is 260 g/mol. The number of H-pyrrole nitrogens is 1. The molecule has 0 aliphatic rings. The molecule has 0 fully saturated rings. The summed E-state index contributed by atoms with van der Waals surface area (Å²) in [6, 6.07) is 4.97. The van der Waals surface area contributed by atoms with Crippen LogP contribution in [0.2, 0.25) is 5.02 Å². The zero-order valence-corrected chi connectivity index (χ0v) is 9.47. The number of benzene rings is 1. The van der Waals surface area contributed by atoms with E-state index in [-0.39, 0.29) is 5.65 Å². The summed E-state index contributed by atoms with van der Waals surface area (Å²) in [5, 5.41) is 13.3. The van der Waals surface area contributed by atoms with Crippen molar-refractivity contribution < 1.29 is 9.90 Å². The standard InChI is InChI=1S/C10H5ClN4O3/c11-5-3-1-2-4-6(5)12-10(18)15-8(4)13-7(14-15)9(16)17/h1-3H,(H,12,18)(H,16,17). The topological polar surface area (TPSA) is 100 Å². The van der Waals surface area contributed by atoms with E-state index in [0.717, 1.165) is 4.52 Å². The summed E-state index contributed by atoms with van der Waals surface area (Å²) < 4.78 is 0.905. The summed E-state index contributed by atoms with van der Waals surface area (Å²) in [5.74, 6) is -1.73. The van der Waals surface area contributed by atoms with Gasteiger partial charge in [-0.1, -0.05) is 17.7 Å². The first-order chi connectivity index (χ1) is 8.58. The third-order valence-electron chi connectivity index (χ3n) is 2.48. The number of rotatable bonds is 1. The van der Waals surface area contributed by atoms with Crippen LogP contribution in [0.4, 0.5) is 0 Å². The molecule has 0 amide bonds. The van der Waals surface area contributed by atoms with Gasteiger partial charge in [-0.3, -0.25) is 0 Å². The minimum atomic E-state index is -1.30. The molecule has 0 aliphatic carbocycles. The summed E-state index contributed by atoms with van der Waals surface area (Å²) >= 11 is 5.95. The van der Waals surface area contributed by atoms with E-state index in [2.05, 4.69) is 15.1 Å². The Bertz CT molecular complexity index is 851. The lowest BCUT2D eigenvalue weighted by Crippen LogP contribution is -2.17. The number of nitrogens with one attached hydrogen (secondary N) is 1. The lowest BCUT2D eigenvalue weighted by atomic mass is 10.2. The van der Waals surface area contributed by atoms with E-state index in [1.54, 1.807) is 18.2 Å². The molecule has 0 saturated carbocycles. The number of carboxylic acids is 1. The molecule has 2 heterocycles. The first-order valence-electron chi connectivity index (χ1n) is 4.88. The Labute approximate surface area is 104 Å². The smallest absolute Gasteiger partial charge is 0.375 e. The van der Waals surface area contributed by atoms with Gasteiger partial charge < -0.3 is 10.1 Å². The van der Waals surface area contributed by atoms with Crippen molar-refractivity contribution >= 4 is 34.1 Å². The number of aromatic amines is 1. The minimum absolute atomic E-state index is 0.161. The number of hydrogen-bond donors (Lipinski definition) is 2. The molecule has 18 heavy (non-hydrogen) atoms. The average molecular weight is 265 g/mol. The number of hydrogen-bond acceptors (Lipinski definition) is 4. The lowest BCUT2D eigenvalue weighted by molar-refractivity contribution is 0.0684. The second-order valence-electron chi connectivity index (χ2n) is 3.57. The van der Waals surface area contributed by atoms with Crippen molar-refractivity contribution in [2.45, 2.75) is 0 Å². The molecular formula is C10H5ClN4O3. The number of halogens is 1. The molecule has 3 aromatic rings. The maximum Gasteiger partial charge on any atom is 0.375 e. The molecule has 3 rings (SSSR count). The van der Waals surface area contributed by atoms with Crippen LogP contribution in [0.3, 0.4) is 0 Å². The van der Waals surface area contributed by atoms with Gasteiger partial charge in [0.2, 0.25) is 0 Å². The highest BCUT2D eigenvalue weighted by Gasteiger charge is 2.15. The number of nitrogens with zero attached hydrogens (tertiary/aromatic N) is 3. The van der Waals surface area contributed by atoms with Gasteiger partial charge in [-0.15, -0.1) is 5.10 Å². The molecule has 0 spiro atoms. The van der Waals surface area contributed by atoms with Gasteiger partial charge in [0, 0.05) is 5.39 Å². The first kappa shape index (κ1) is 10.7. The van der Waals surface area contributed by atoms with Crippen LogP contribution in [0.5, 0.6) is 0 Å². The van der Waals surface area contributed by atoms with Gasteiger partial charge in [-0.2, -0.15) is 4.52 Å². The number of carbonyl (C=O) groups is 1. The highest BCUT2D eigenvalue weighted by molar-refractivity contribution is 6.35. The summed E-state index contributed by atoms with van der Waals surface area (Å²) in [6.45, 7) is 0. The molecule has 0 saturated heterocycles. The third kappa shape index (κ3) is 1.37. The van der Waals surface area contributed by atoms with Crippen molar-refractivity contribution in [1.29, 1.82) is 0 Å². The molecule has 1 aromatic carbocycles. The highest BCUT2D eigenvalue weighted by atomic mass is 35.5. The SMILES string of the molecule is O=C(O)c1nc2c3cccc(Cl)c3[nH]c(=O)n2n1. The highest BCUT2D eigenvalue weighted by Crippen LogP contribution is 2.22. The molecule has 0 atom stereocenters. The molecule has 2 aromatic heterocycles. The quantitative estimate of drug-likeness (QED) is 0.681. The Morgan fingerprint density at radius 2 is 2.22 bits per heavy atom. The molecule has 90 valence electrons. The number of fused-ring (bicyclic) bond motifs is 3. The first-order valence-corrected chi connectivity index (χ1v) is 5.26. The second kappa shape index (κ2) is 3.54. The molecule has 0 unspecified atom stereocenters. The van der Waals surface area contributed by atoms with E-state index in [9.17, 15) is 9.59 Å². The van der Waals surface area contributed by atoms with E-state index >= 15 is 0 Å². The van der Waals surface area contributed by atoms with Crippen LogP contribution < -0.4 is 5.69 Å². The zero-order chi connectivity index (χ0) is 12.9. The average Bonchev–Trinajstić information content (AvgIpc) is 2.77. The van der Waals surface area contributed by atoms with E-state index in [1.165, 1.54) is 0 Å². The second-order valence-corrected chi connectivity index (χ2v) is 3.98. The summed E-state index contributed by atoms with van der Waals surface area (Å²) in [6.07, 6.45) is 0. The lowest BCUT2D eigenvalue weighted by Gasteiger charge is -2.00. The predicted molar refractivity (Wildman–Crippen MR) is 63.1 cm³/mol. The zero-order valence-electron chi connectivity index (χ0n) is 8.72. The van der Waals surface area contributed by atoms with Crippen LogP contribution in [0.25, 0.3) is 16.6 Å². The summed E-state index contributed by atoms with van der Waals surface area (Å²) in [7, 11) is 0. The Hall–Kier alpha value is -2.41. The fraction of sp³-hybridized carbons (Fsp3) is 0. The predicted octanol–water partition coefficient (Wildman–Crippen LogP) is 0.922. The van der Waals surface area contributed by atoms with Crippen molar-refractivity contribution in [1.82, 2.24) is 19.6 Å².